The number of rotatable bonds is 7. The highest BCUT2D eigenvalue weighted by Crippen LogP contribution is 2.19. The van der Waals surface area contributed by atoms with Gasteiger partial charge in [-0.15, -0.1) is 5.10 Å². The van der Waals surface area contributed by atoms with Crippen molar-refractivity contribution >= 4 is 17.9 Å². The van der Waals surface area contributed by atoms with Crippen molar-refractivity contribution in [1.29, 1.82) is 0 Å². The first-order valence-corrected chi connectivity index (χ1v) is 9.08. The third-order valence-corrected chi connectivity index (χ3v) is 4.38. The van der Waals surface area contributed by atoms with E-state index in [0.29, 0.717) is 31.7 Å². The van der Waals surface area contributed by atoms with Gasteiger partial charge in [0.2, 0.25) is 11.8 Å². The van der Waals surface area contributed by atoms with Gasteiger partial charge >= 0.3 is 0 Å². The van der Waals surface area contributed by atoms with E-state index in [1.807, 2.05) is 43.5 Å². The lowest BCUT2D eigenvalue weighted by molar-refractivity contribution is -0.122. The second-order valence-electron chi connectivity index (χ2n) is 6.40. The molecule has 0 unspecified atom stereocenters. The molecule has 0 bridgehead atoms. The van der Waals surface area contributed by atoms with E-state index in [1.165, 1.54) is 6.08 Å². The highest BCUT2D eigenvalue weighted by Gasteiger charge is 2.30. The summed E-state index contributed by atoms with van der Waals surface area (Å²) in [6, 6.07) is 9.50. The predicted octanol–water partition coefficient (Wildman–Crippen LogP) is 0.647. The average molecular weight is 368 g/mol. The number of amides is 2. The van der Waals surface area contributed by atoms with E-state index in [1.54, 1.807) is 10.8 Å². The van der Waals surface area contributed by atoms with E-state index in [2.05, 4.69) is 26.3 Å². The molecule has 0 spiro atoms. The maximum Gasteiger partial charge on any atom is 0.244 e. The molecule has 1 aliphatic rings. The van der Waals surface area contributed by atoms with Crippen LogP contribution in [0.2, 0.25) is 0 Å². The Labute approximate surface area is 158 Å². The monoisotopic (exact) mass is 368 g/mol. The van der Waals surface area contributed by atoms with Crippen LogP contribution in [0.4, 0.5) is 0 Å². The lowest BCUT2D eigenvalue weighted by Gasteiger charge is -2.10. The Kier molecular flexibility index (Phi) is 6.32. The summed E-state index contributed by atoms with van der Waals surface area (Å²) in [4.78, 5) is 23.8. The summed E-state index contributed by atoms with van der Waals surface area (Å²) in [5.74, 6) is -0.176. The second-order valence-corrected chi connectivity index (χ2v) is 6.40. The van der Waals surface area contributed by atoms with E-state index < -0.39 is 0 Å². The third-order valence-electron chi connectivity index (χ3n) is 4.38. The summed E-state index contributed by atoms with van der Waals surface area (Å²) in [5, 5.41) is 17.1. The summed E-state index contributed by atoms with van der Waals surface area (Å²) in [5.41, 5.74) is 1.65. The minimum atomic E-state index is -0.203. The van der Waals surface area contributed by atoms with Crippen LogP contribution in [0.15, 0.2) is 42.6 Å². The van der Waals surface area contributed by atoms with Gasteiger partial charge in [-0.3, -0.25) is 9.59 Å². The molecule has 1 fully saturated rings. The van der Waals surface area contributed by atoms with Gasteiger partial charge in [-0.25, -0.2) is 4.68 Å². The molecule has 2 atom stereocenters. The van der Waals surface area contributed by atoms with Crippen molar-refractivity contribution in [3.63, 3.8) is 0 Å². The zero-order valence-corrected chi connectivity index (χ0v) is 15.3. The van der Waals surface area contributed by atoms with E-state index in [0.717, 1.165) is 5.56 Å². The van der Waals surface area contributed by atoms with Gasteiger partial charge in [0, 0.05) is 19.2 Å². The number of nitrogens with one attached hydrogen (secondary N) is 3. The molecule has 2 heterocycles. The molecule has 142 valence electrons. The Morgan fingerprint density at radius 2 is 2.11 bits per heavy atom. The van der Waals surface area contributed by atoms with Crippen molar-refractivity contribution in [2.24, 2.45) is 0 Å². The first-order chi connectivity index (χ1) is 13.2. The molecule has 3 rings (SSSR count). The van der Waals surface area contributed by atoms with Gasteiger partial charge in [0.1, 0.15) is 5.69 Å². The van der Waals surface area contributed by atoms with Gasteiger partial charge in [0.15, 0.2) is 0 Å². The third kappa shape index (κ3) is 5.24. The van der Waals surface area contributed by atoms with Crippen LogP contribution in [0.3, 0.4) is 0 Å². The van der Waals surface area contributed by atoms with Gasteiger partial charge in [0.25, 0.3) is 0 Å². The number of carbonyl (C=O) groups is 2. The number of hydrogen-bond donors (Lipinski definition) is 3. The minimum Gasteiger partial charge on any atom is -0.355 e. The second kappa shape index (κ2) is 9.09. The van der Waals surface area contributed by atoms with Crippen LogP contribution < -0.4 is 16.0 Å². The zero-order chi connectivity index (χ0) is 19.1. The molecule has 8 heteroatoms. The molecule has 1 aliphatic heterocycles. The van der Waals surface area contributed by atoms with Crippen LogP contribution in [0.5, 0.6) is 0 Å². The first-order valence-electron chi connectivity index (χ1n) is 9.08. The molecule has 1 aromatic carbocycles. The number of aromatic nitrogens is 3. The van der Waals surface area contributed by atoms with Crippen LogP contribution >= 0.6 is 0 Å². The molecule has 0 aliphatic carbocycles. The molecule has 2 aromatic rings. The number of hydrogen-bond acceptors (Lipinski definition) is 5. The smallest absolute Gasteiger partial charge is 0.244 e. The predicted molar refractivity (Wildman–Crippen MR) is 101 cm³/mol. The molecule has 0 radical (unpaired) electrons. The van der Waals surface area contributed by atoms with Gasteiger partial charge in [0.05, 0.1) is 24.8 Å². The van der Waals surface area contributed by atoms with Gasteiger partial charge < -0.3 is 16.0 Å². The average Bonchev–Trinajstić information content (AvgIpc) is 3.35. The number of likely N-dealkylation sites (N-methyl/N-ethyl adjacent to an activating group) is 1. The van der Waals surface area contributed by atoms with Crippen molar-refractivity contribution in [3.05, 3.63) is 53.9 Å². The Morgan fingerprint density at radius 3 is 2.89 bits per heavy atom. The summed E-state index contributed by atoms with van der Waals surface area (Å²) in [6.45, 7) is 3.49. The summed E-state index contributed by atoms with van der Waals surface area (Å²) >= 11 is 0. The van der Waals surface area contributed by atoms with E-state index >= 15 is 0 Å². The molecule has 0 saturated carbocycles. The molecular weight excluding hydrogens is 344 g/mol. The van der Waals surface area contributed by atoms with E-state index in [4.69, 9.17) is 0 Å². The zero-order valence-electron chi connectivity index (χ0n) is 15.3. The molecule has 8 nitrogen and oxygen atoms in total. The molecule has 27 heavy (non-hydrogen) atoms. The van der Waals surface area contributed by atoms with Crippen LogP contribution in [-0.4, -0.2) is 45.9 Å². The molecular formula is C19H24N6O2. The highest BCUT2D eigenvalue weighted by molar-refractivity contribution is 5.91. The summed E-state index contributed by atoms with van der Waals surface area (Å²) in [7, 11) is 0. The number of carbonyl (C=O) groups excluding carboxylic acids is 2. The van der Waals surface area contributed by atoms with Crippen LogP contribution in [0, 0.1) is 0 Å². The Hall–Kier alpha value is -3.00. The molecule has 1 saturated heterocycles. The fourth-order valence-corrected chi connectivity index (χ4v) is 2.96. The molecule has 2 amide bonds. The van der Waals surface area contributed by atoms with Crippen molar-refractivity contribution in [2.45, 2.75) is 32.0 Å². The lowest BCUT2D eigenvalue weighted by Crippen LogP contribution is -2.40. The Morgan fingerprint density at radius 1 is 1.30 bits per heavy atom. The molecule has 3 N–H and O–H groups in total. The SMILES string of the molecule is CCNC(=O)[C@@H]1C[C@H](n2cc(CNC(=O)/C=C/c3ccccc3)nn2)CN1. The van der Waals surface area contributed by atoms with Crippen molar-refractivity contribution < 1.29 is 9.59 Å². The quantitative estimate of drug-likeness (QED) is 0.623. The number of benzene rings is 1. The topological polar surface area (TPSA) is 101 Å². The van der Waals surface area contributed by atoms with Crippen molar-refractivity contribution in [2.75, 3.05) is 13.1 Å². The molecule has 1 aromatic heterocycles. The minimum absolute atomic E-state index is 0.0119. The normalized spacial score (nSPS) is 19.3. The van der Waals surface area contributed by atoms with E-state index in [9.17, 15) is 9.59 Å². The fourth-order valence-electron chi connectivity index (χ4n) is 2.96. The van der Waals surface area contributed by atoms with Crippen molar-refractivity contribution in [3.8, 4) is 0 Å². The summed E-state index contributed by atoms with van der Waals surface area (Å²) in [6.07, 6.45) is 5.74. The summed E-state index contributed by atoms with van der Waals surface area (Å²) < 4.78 is 1.76. The van der Waals surface area contributed by atoms with Crippen LogP contribution in [-0.2, 0) is 16.1 Å². The maximum atomic E-state index is 11.9. The number of nitrogens with zero attached hydrogens (tertiary/aromatic N) is 3. The highest BCUT2D eigenvalue weighted by atomic mass is 16.2. The Bertz CT molecular complexity index is 802. The first kappa shape index (κ1) is 18.8. The van der Waals surface area contributed by atoms with Gasteiger partial charge in [-0.1, -0.05) is 35.5 Å². The van der Waals surface area contributed by atoms with Crippen molar-refractivity contribution in [1.82, 2.24) is 30.9 Å². The van der Waals surface area contributed by atoms with E-state index in [-0.39, 0.29) is 23.9 Å². The Balaban J connectivity index is 1.48. The fraction of sp³-hybridized carbons (Fsp3) is 0.368. The maximum absolute atomic E-state index is 11.9. The lowest BCUT2D eigenvalue weighted by atomic mass is 10.1. The van der Waals surface area contributed by atoms with Crippen LogP contribution in [0.25, 0.3) is 6.08 Å². The van der Waals surface area contributed by atoms with Crippen LogP contribution in [0.1, 0.15) is 30.6 Å². The standard InChI is InChI=1S/C19H24N6O2/c1-2-20-19(27)17-10-16(12-21-17)25-13-15(23-24-25)11-22-18(26)9-8-14-6-4-3-5-7-14/h3-9,13,16-17,21H,2,10-12H2,1H3,(H,20,27)(H,22,26)/b9-8+/t16-,17-/m0/s1. The van der Waals surface area contributed by atoms with Gasteiger partial charge in [-0.05, 0) is 25.0 Å². The largest absolute Gasteiger partial charge is 0.355 e. The van der Waals surface area contributed by atoms with Gasteiger partial charge in [-0.2, -0.15) is 0 Å².